The summed E-state index contributed by atoms with van der Waals surface area (Å²) in [7, 11) is 1.66. The number of benzene rings is 1. The molecular weight excluding hydrogens is 426 g/mol. The molecule has 1 unspecified atom stereocenters. The van der Waals surface area contributed by atoms with Crippen molar-refractivity contribution in [2.75, 3.05) is 43.2 Å². The average molecular weight is 456 g/mol. The second-order valence-electron chi connectivity index (χ2n) is 9.59. The van der Waals surface area contributed by atoms with Crippen LogP contribution in [0.4, 0.5) is 10.8 Å². The number of hydrogen-bond donors (Lipinski definition) is 0. The van der Waals surface area contributed by atoms with Crippen LogP contribution in [0.1, 0.15) is 47.6 Å². The lowest BCUT2D eigenvalue weighted by atomic mass is 9.78. The fraction of sp³-hybridized carbons (Fsp3) is 0.542. The number of carbonyl (C=O) groups is 2. The fourth-order valence-electron chi connectivity index (χ4n) is 4.98. The van der Waals surface area contributed by atoms with Crippen LogP contribution in [0, 0.1) is 5.41 Å². The highest BCUT2D eigenvalue weighted by Crippen LogP contribution is 2.40. The molecule has 2 aliphatic heterocycles. The first-order chi connectivity index (χ1) is 15.4. The minimum atomic E-state index is -0.451. The first kappa shape index (κ1) is 21.4. The fourth-order valence-corrected chi connectivity index (χ4v) is 6.07. The molecule has 1 aromatic carbocycles. The number of thiazole rings is 1. The van der Waals surface area contributed by atoms with Gasteiger partial charge in [-0.2, -0.15) is 0 Å². The van der Waals surface area contributed by atoms with Gasteiger partial charge < -0.3 is 19.3 Å². The number of rotatable bonds is 3. The predicted octanol–water partition coefficient (Wildman–Crippen LogP) is 3.49. The van der Waals surface area contributed by atoms with Crippen LogP contribution in [0.5, 0.6) is 5.75 Å². The van der Waals surface area contributed by atoms with Gasteiger partial charge in [0.25, 0.3) is 5.91 Å². The quantitative estimate of drug-likeness (QED) is 0.706. The van der Waals surface area contributed by atoms with Crippen LogP contribution in [-0.2, 0) is 22.4 Å². The van der Waals surface area contributed by atoms with Crippen molar-refractivity contribution in [3.05, 3.63) is 34.3 Å². The zero-order chi connectivity index (χ0) is 22.5. The molecule has 0 spiro atoms. The number of ketones is 1. The minimum absolute atomic E-state index is 0.0237. The lowest BCUT2D eigenvalue weighted by Crippen LogP contribution is -2.56. The summed E-state index contributed by atoms with van der Waals surface area (Å²) in [4.78, 5) is 36.0. The molecule has 8 heteroatoms. The molecule has 2 aromatic rings. The van der Waals surface area contributed by atoms with E-state index in [9.17, 15) is 9.59 Å². The highest BCUT2D eigenvalue weighted by molar-refractivity contribution is 7.17. The summed E-state index contributed by atoms with van der Waals surface area (Å²) in [5.41, 5.74) is 2.88. The highest BCUT2D eigenvalue weighted by Gasteiger charge is 2.39. The molecule has 3 aliphatic rings. The molecule has 1 saturated heterocycles. The Morgan fingerprint density at radius 2 is 2.12 bits per heavy atom. The minimum Gasteiger partial charge on any atom is -0.497 e. The molecule has 0 saturated carbocycles. The first-order valence-corrected chi connectivity index (χ1v) is 12.0. The van der Waals surface area contributed by atoms with Crippen molar-refractivity contribution in [2.24, 2.45) is 5.41 Å². The zero-order valence-electron chi connectivity index (χ0n) is 18.8. The lowest BCUT2D eigenvalue weighted by molar-refractivity contribution is -0.122. The summed E-state index contributed by atoms with van der Waals surface area (Å²) in [6.07, 6.45) is 3.17. The molecule has 1 atom stereocenters. The van der Waals surface area contributed by atoms with E-state index in [1.165, 1.54) is 11.3 Å². The number of Topliss-reactive ketones (excluding diaryl/α,β-unsaturated/α-hetero) is 1. The molecule has 0 radical (unpaired) electrons. The van der Waals surface area contributed by atoms with Gasteiger partial charge in [-0.05, 0) is 48.4 Å². The zero-order valence-corrected chi connectivity index (χ0v) is 19.7. The standard InChI is InChI=1S/C24H29N3O4S/c1-24(2)12-17-21(20(28)13-24)32-23(25-17)27-9-10-31-14-19(27)22(29)26-8-4-5-15-11-16(30-3)6-7-18(15)26/h6-7,11,19H,4-5,8-10,12-14H2,1-3H3. The third kappa shape index (κ3) is 3.79. The Morgan fingerprint density at radius 1 is 1.28 bits per heavy atom. The van der Waals surface area contributed by atoms with Crippen LogP contribution in [0.25, 0.3) is 0 Å². The molecule has 0 bridgehead atoms. The van der Waals surface area contributed by atoms with E-state index in [1.54, 1.807) is 7.11 Å². The van der Waals surface area contributed by atoms with Gasteiger partial charge in [0.2, 0.25) is 0 Å². The number of aryl methyl sites for hydroxylation is 1. The topological polar surface area (TPSA) is 72.0 Å². The molecule has 5 rings (SSSR count). The van der Waals surface area contributed by atoms with Gasteiger partial charge in [0.05, 0.1) is 30.9 Å². The Hall–Kier alpha value is -2.45. The molecule has 1 aliphatic carbocycles. The van der Waals surface area contributed by atoms with Gasteiger partial charge in [-0.25, -0.2) is 4.98 Å². The van der Waals surface area contributed by atoms with E-state index in [0.717, 1.165) is 52.0 Å². The smallest absolute Gasteiger partial charge is 0.252 e. The maximum absolute atomic E-state index is 13.7. The summed E-state index contributed by atoms with van der Waals surface area (Å²) in [5, 5.41) is 0.759. The normalized spacial score (nSPS) is 22.3. The number of morpholine rings is 1. The van der Waals surface area contributed by atoms with E-state index < -0.39 is 6.04 Å². The molecule has 1 fully saturated rings. The number of methoxy groups -OCH3 is 1. The Balaban J connectivity index is 1.44. The van der Waals surface area contributed by atoms with Crippen molar-refractivity contribution in [2.45, 2.75) is 45.6 Å². The second kappa shape index (κ2) is 8.15. The van der Waals surface area contributed by atoms with Gasteiger partial charge >= 0.3 is 0 Å². The van der Waals surface area contributed by atoms with Gasteiger partial charge in [-0.1, -0.05) is 25.2 Å². The Kier molecular flexibility index (Phi) is 5.45. The lowest BCUT2D eigenvalue weighted by Gasteiger charge is -2.39. The van der Waals surface area contributed by atoms with Crippen LogP contribution in [0.2, 0.25) is 0 Å². The van der Waals surface area contributed by atoms with Gasteiger partial charge in [0.15, 0.2) is 10.9 Å². The van der Waals surface area contributed by atoms with E-state index >= 15 is 0 Å². The number of fused-ring (bicyclic) bond motifs is 2. The number of carbonyl (C=O) groups excluding carboxylic acids is 2. The van der Waals surface area contributed by atoms with Gasteiger partial charge in [-0.15, -0.1) is 0 Å². The molecule has 0 N–H and O–H groups in total. The largest absolute Gasteiger partial charge is 0.497 e. The van der Waals surface area contributed by atoms with E-state index in [4.69, 9.17) is 14.5 Å². The number of ether oxygens (including phenoxy) is 2. The van der Waals surface area contributed by atoms with Crippen molar-refractivity contribution < 1.29 is 19.1 Å². The molecule has 7 nitrogen and oxygen atoms in total. The van der Waals surface area contributed by atoms with Crippen LogP contribution >= 0.6 is 11.3 Å². The molecule has 32 heavy (non-hydrogen) atoms. The maximum Gasteiger partial charge on any atom is 0.252 e. The van der Waals surface area contributed by atoms with Crippen molar-refractivity contribution in [1.29, 1.82) is 0 Å². The molecule has 170 valence electrons. The summed E-state index contributed by atoms with van der Waals surface area (Å²) in [6, 6.07) is 5.45. The van der Waals surface area contributed by atoms with Gasteiger partial charge in [0, 0.05) is 25.2 Å². The number of nitrogens with zero attached hydrogens (tertiary/aromatic N) is 3. The number of amides is 1. The maximum atomic E-state index is 13.7. The number of hydrogen-bond acceptors (Lipinski definition) is 7. The summed E-state index contributed by atoms with van der Waals surface area (Å²) >= 11 is 1.43. The van der Waals surface area contributed by atoms with E-state index in [0.29, 0.717) is 32.7 Å². The number of anilines is 2. The highest BCUT2D eigenvalue weighted by atomic mass is 32.1. The van der Waals surface area contributed by atoms with Crippen LogP contribution in [0.15, 0.2) is 18.2 Å². The van der Waals surface area contributed by atoms with E-state index in [-0.39, 0.29) is 17.1 Å². The van der Waals surface area contributed by atoms with Crippen LogP contribution in [-0.4, -0.2) is 56.1 Å². The third-order valence-electron chi connectivity index (χ3n) is 6.55. The molecule has 1 aromatic heterocycles. The van der Waals surface area contributed by atoms with Gasteiger partial charge in [0.1, 0.15) is 11.8 Å². The van der Waals surface area contributed by atoms with E-state index in [1.807, 2.05) is 28.0 Å². The summed E-state index contributed by atoms with van der Waals surface area (Å²) < 4.78 is 11.1. The Bertz CT molecular complexity index is 1060. The first-order valence-electron chi connectivity index (χ1n) is 11.2. The van der Waals surface area contributed by atoms with E-state index in [2.05, 4.69) is 13.8 Å². The summed E-state index contributed by atoms with van der Waals surface area (Å²) in [5.74, 6) is 0.993. The Morgan fingerprint density at radius 3 is 2.94 bits per heavy atom. The predicted molar refractivity (Wildman–Crippen MR) is 124 cm³/mol. The molecule has 1 amide bonds. The van der Waals surface area contributed by atoms with Crippen molar-refractivity contribution >= 4 is 33.8 Å². The Labute approximate surface area is 192 Å². The van der Waals surface area contributed by atoms with Crippen molar-refractivity contribution in [3.8, 4) is 5.75 Å². The monoisotopic (exact) mass is 455 g/mol. The SMILES string of the molecule is COc1ccc2c(c1)CCCN2C(=O)C1COCCN1c1nc2c(s1)C(=O)CC(C)(C)C2. The molecular formula is C24H29N3O4S. The van der Waals surface area contributed by atoms with Gasteiger partial charge in [-0.3, -0.25) is 9.59 Å². The molecule has 3 heterocycles. The average Bonchev–Trinajstić information content (AvgIpc) is 3.21. The van der Waals surface area contributed by atoms with Crippen LogP contribution in [0.3, 0.4) is 0 Å². The van der Waals surface area contributed by atoms with Crippen molar-refractivity contribution in [1.82, 2.24) is 4.98 Å². The number of aromatic nitrogens is 1. The third-order valence-corrected chi connectivity index (χ3v) is 7.73. The second-order valence-corrected chi connectivity index (χ2v) is 10.6. The van der Waals surface area contributed by atoms with Crippen molar-refractivity contribution in [3.63, 3.8) is 0 Å². The van der Waals surface area contributed by atoms with Crippen LogP contribution < -0.4 is 14.5 Å². The summed E-state index contributed by atoms with van der Waals surface area (Å²) in [6.45, 7) is 6.35.